The molecule has 0 bridgehead atoms. The predicted molar refractivity (Wildman–Crippen MR) is 116 cm³/mol. The van der Waals surface area contributed by atoms with E-state index in [0.29, 0.717) is 37.7 Å². The Balaban J connectivity index is 2.43. The molecule has 0 aromatic heterocycles. The van der Waals surface area contributed by atoms with Crippen LogP contribution in [0, 0.1) is 0 Å². The summed E-state index contributed by atoms with van der Waals surface area (Å²) < 4.78 is 5.41. The average molecular weight is 406 g/mol. The molecule has 0 atom stereocenters. The van der Waals surface area contributed by atoms with Crippen LogP contribution in [0.4, 0.5) is 4.79 Å². The van der Waals surface area contributed by atoms with Crippen LogP contribution in [0.2, 0.25) is 0 Å². The molecule has 0 spiro atoms. The summed E-state index contributed by atoms with van der Waals surface area (Å²) in [5, 5.41) is 9.07. The highest BCUT2D eigenvalue weighted by molar-refractivity contribution is 5.94. The Kier molecular flexibility index (Phi) is 9.99. The zero-order valence-corrected chi connectivity index (χ0v) is 18.5. The monoisotopic (exact) mass is 405 g/mol. The maximum atomic E-state index is 12.2. The second-order valence-corrected chi connectivity index (χ2v) is 7.52. The molecule has 0 saturated heterocycles. The molecular formula is C21H35N5O3. The minimum absolute atomic E-state index is 0.0947. The number of nitrogens with zero attached hydrogens (tertiary/aromatic N) is 2. The van der Waals surface area contributed by atoms with E-state index in [1.807, 2.05) is 45.9 Å². The van der Waals surface area contributed by atoms with Gasteiger partial charge in [0.15, 0.2) is 5.96 Å². The largest absolute Gasteiger partial charge is 0.444 e. The highest BCUT2D eigenvalue weighted by Gasteiger charge is 2.20. The van der Waals surface area contributed by atoms with Crippen molar-refractivity contribution in [2.75, 3.05) is 40.3 Å². The lowest BCUT2D eigenvalue weighted by atomic mass is 10.1. The van der Waals surface area contributed by atoms with Gasteiger partial charge in [-0.25, -0.2) is 4.79 Å². The number of carbonyl (C=O) groups excluding carboxylic acids is 2. The van der Waals surface area contributed by atoms with Gasteiger partial charge >= 0.3 is 6.09 Å². The van der Waals surface area contributed by atoms with Crippen molar-refractivity contribution >= 4 is 18.0 Å². The molecule has 0 aliphatic rings. The third-order valence-corrected chi connectivity index (χ3v) is 4.05. The second kappa shape index (κ2) is 11.9. The number of rotatable bonds is 8. The van der Waals surface area contributed by atoms with Crippen molar-refractivity contribution in [1.82, 2.24) is 20.9 Å². The van der Waals surface area contributed by atoms with Crippen molar-refractivity contribution in [2.45, 2.75) is 39.7 Å². The van der Waals surface area contributed by atoms with Gasteiger partial charge in [0.25, 0.3) is 5.91 Å². The Labute approximate surface area is 174 Å². The van der Waals surface area contributed by atoms with Gasteiger partial charge in [0.05, 0.1) is 0 Å². The third-order valence-electron chi connectivity index (χ3n) is 4.05. The fourth-order valence-corrected chi connectivity index (χ4v) is 2.57. The number of guanidine groups is 1. The molecule has 0 fully saturated rings. The third kappa shape index (κ3) is 9.32. The number of amides is 2. The van der Waals surface area contributed by atoms with Crippen molar-refractivity contribution in [3.05, 3.63) is 35.4 Å². The van der Waals surface area contributed by atoms with E-state index in [2.05, 4.69) is 20.9 Å². The van der Waals surface area contributed by atoms with E-state index in [0.717, 1.165) is 12.0 Å². The van der Waals surface area contributed by atoms with Crippen LogP contribution < -0.4 is 16.0 Å². The van der Waals surface area contributed by atoms with Crippen molar-refractivity contribution < 1.29 is 14.3 Å². The first-order valence-corrected chi connectivity index (χ1v) is 9.93. The van der Waals surface area contributed by atoms with Crippen LogP contribution in [0.25, 0.3) is 0 Å². The van der Waals surface area contributed by atoms with Gasteiger partial charge in [0.1, 0.15) is 5.60 Å². The summed E-state index contributed by atoms with van der Waals surface area (Å²) in [6.45, 7) is 9.79. The molecule has 8 nitrogen and oxygen atoms in total. The van der Waals surface area contributed by atoms with Gasteiger partial charge in [-0.2, -0.15) is 0 Å². The van der Waals surface area contributed by atoms with Crippen LogP contribution in [0.5, 0.6) is 0 Å². The fourth-order valence-electron chi connectivity index (χ4n) is 2.57. The van der Waals surface area contributed by atoms with Crippen LogP contribution in [0.15, 0.2) is 29.3 Å². The summed E-state index contributed by atoms with van der Waals surface area (Å²) in [5.41, 5.74) is 1.20. The van der Waals surface area contributed by atoms with E-state index in [-0.39, 0.29) is 12.0 Å². The molecule has 0 unspecified atom stereocenters. The lowest BCUT2D eigenvalue weighted by Gasteiger charge is -2.26. The first kappa shape index (κ1) is 24.3. The lowest BCUT2D eigenvalue weighted by Crippen LogP contribution is -2.44. The van der Waals surface area contributed by atoms with Gasteiger partial charge in [-0.3, -0.25) is 9.79 Å². The molecule has 0 aliphatic carbocycles. The molecule has 1 rings (SSSR count). The number of hydrogen-bond acceptors (Lipinski definition) is 4. The van der Waals surface area contributed by atoms with Crippen LogP contribution >= 0.6 is 0 Å². The zero-order valence-electron chi connectivity index (χ0n) is 18.5. The molecule has 29 heavy (non-hydrogen) atoms. The SMILES string of the molecule is CCN(CCNC(=NC)NCCc1cccc(C(=O)NC)c1)C(=O)OC(C)(C)C. The topological polar surface area (TPSA) is 95.1 Å². The van der Waals surface area contributed by atoms with E-state index in [1.165, 1.54) is 0 Å². The van der Waals surface area contributed by atoms with Crippen LogP contribution in [-0.4, -0.2) is 68.7 Å². The summed E-state index contributed by atoms with van der Waals surface area (Å²) in [4.78, 5) is 29.7. The molecule has 0 heterocycles. The Morgan fingerprint density at radius 2 is 1.86 bits per heavy atom. The quantitative estimate of drug-likeness (QED) is 0.454. The minimum atomic E-state index is -0.509. The summed E-state index contributed by atoms with van der Waals surface area (Å²) in [6.07, 6.45) is 0.436. The molecule has 0 radical (unpaired) electrons. The van der Waals surface area contributed by atoms with Crippen molar-refractivity contribution in [1.29, 1.82) is 0 Å². The molecule has 2 amide bonds. The van der Waals surface area contributed by atoms with Crippen molar-refractivity contribution in [3.8, 4) is 0 Å². The fraction of sp³-hybridized carbons (Fsp3) is 0.571. The maximum absolute atomic E-state index is 12.2. The van der Waals surface area contributed by atoms with Gasteiger partial charge in [-0.1, -0.05) is 12.1 Å². The average Bonchev–Trinajstić information content (AvgIpc) is 2.68. The predicted octanol–water partition coefficient (Wildman–Crippen LogP) is 2.01. The Hall–Kier alpha value is -2.77. The molecule has 162 valence electrons. The van der Waals surface area contributed by atoms with E-state index in [1.54, 1.807) is 25.1 Å². The normalized spacial score (nSPS) is 11.6. The van der Waals surface area contributed by atoms with Gasteiger partial charge in [0, 0.05) is 45.8 Å². The smallest absolute Gasteiger partial charge is 0.410 e. The molecule has 1 aromatic carbocycles. The molecule has 8 heteroatoms. The summed E-state index contributed by atoms with van der Waals surface area (Å²) >= 11 is 0. The number of ether oxygens (including phenoxy) is 1. The van der Waals surface area contributed by atoms with E-state index < -0.39 is 5.60 Å². The highest BCUT2D eigenvalue weighted by Crippen LogP contribution is 2.09. The molecule has 0 saturated carbocycles. The Morgan fingerprint density at radius 3 is 2.45 bits per heavy atom. The van der Waals surface area contributed by atoms with Crippen molar-refractivity contribution in [3.63, 3.8) is 0 Å². The number of likely N-dealkylation sites (N-methyl/N-ethyl adjacent to an activating group) is 1. The van der Waals surface area contributed by atoms with Gasteiger partial charge in [-0.05, 0) is 51.8 Å². The maximum Gasteiger partial charge on any atom is 0.410 e. The number of hydrogen-bond donors (Lipinski definition) is 3. The van der Waals surface area contributed by atoms with Gasteiger partial charge in [0.2, 0.25) is 0 Å². The molecule has 3 N–H and O–H groups in total. The summed E-state index contributed by atoms with van der Waals surface area (Å²) in [5.74, 6) is 0.565. The molecule has 0 aliphatic heterocycles. The van der Waals surface area contributed by atoms with Crippen LogP contribution in [0.3, 0.4) is 0 Å². The number of benzene rings is 1. The Morgan fingerprint density at radius 1 is 1.17 bits per heavy atom. The second-order valence-electron chi connectivity index (χ2n) is 7.52. The molecular weight excluding hydrogens is 370 g/mol. The number of nitrogens with one attached hydrogen (secondary N) is 3. The van der Waals surface area contributed by atoms with E-state index >= 15 is 0 Å². The van der Waals surface area contributed by atoms with E-state index in [4.69, 9.17) is 4.74 Å². The van der Waals surface area contributed by atoms with Crippen LogP contribution in [-0.2, 0) is 11.2 Å². The Bertz CT molecular complexity index is 698. The lowest BCUT2D eigenvalue weighted by molar-refractivity contribution is 0.0264. The summed E-state index contributed by atoms with van der Waals surface area (Å²) in [6, 6.07) is 7.55. The highest BCUT2D eigenvalue weighted by atomic mass is 16.6. The van der Waals surface area contributed by atoms with Crippen LogP contribution in [0.1, 0.15) is 43.6 Å². The van der Waals surface area contributed by atoms with Gasteiger partial charge in [-0.15, -0.1) is 0 Å². The zero-order chi connectivity index (χ0) is 21.9. The standard InChI is InChI=1S/C21H35N5O3/c1-7-26(20(28)29-21(2,3)4)14-13-25-19(23-6)24-12-11-16-9-8-10-17(15-16)18(27)22-5/h8-10,15H,7,11-14H2,1-6H3,(H,22,27)(H2,23,24,25). The molecule has 1 aromatic rings. The minimum Gasteiger partial charge on any atom is -0.444 e. The van der Waals surface area contributed by atoms with Gasteiger partial charge < -0.3 is 25.6 Å². The number of carbonyl (C=O) groups is 2. The van der Waals surface area contributed by atoms with E-state index in [9.17, 15) is 9.59 Å². The first-order valence-electron chi connectivity index (χ1n) is 9.93. The first-order chi connectivity index (χ1) is 13.7. The van der Waals surface area contributed by atoms with Crippen molar-refractivity contribution in [2.24, 2.45) is 4.99 Å². The summed E-state index contributed by atoms with van der Waals surface area (Å²) in [7, 11) is 3.32. The number of aliphatic imine (C=N–C) groups is 1.